The van der Waals surface area contributed by atoms with Gasteiger partial charge in [-0.25, -0.2) is 28.2 Å². The molecule has 8 nitrogen and oxygen atoms in total. The standard InChI is InChI=1S/C20H22F5N7OS/c21-15(22)13-3-26-14(34-13)4-29-5-19(6-29)9-31(10-19)17(33)30-7-18(8-30)1-12(2-18)32-11-27-16(28-32)20(23,24)25/h3,11-12,15H,1-2,4-10H2. The first-order valence-electron chi connectivity index (χ1n) is 11.0. The van der Waals surface area contributed by atoms with Gasteiger partial charge in [-0.2, -0.15) is 13.2 Å². The molecule has 2 spiro atoms. The van der Waals surface area contributed by atoms with Crippen molar-refractivity contribution in [1.29, 1.82) is 0 Å². The molecule has 2 aromatic rings. The number of hydrogen-bond acceptors (Lipinski definition) is 6. The molecule has 3 aliphatic heterocycles. The van der Waals surface area contributed by atoms with Crippen LogP contribution in [-0.4, -0.2) is 79.7 Å². The third-order valence-electron chi connectivity index (χ3n) is 7.38. The average molecular weight is 504 g/mol. The van der Waals surface area contributed by atoms with Gasteiger partial charge in [0.1, 0.15) is 11.3 Å². The van der Waals surface area contributed by atoms with Crippen molar-refractivity contribution in [2.45, 2.75) is 38.0 Å². The SMILES string of the molecule is O=C(N1CC2(CC(n3cnc(C(F)(F)F)n3)C2)C1)N1CC2(CN(Cc3ncc(C(F)F)s3)C2)C1. The number of likely N-dealkylation sites (tertiary alicyclic amines) is 3. The van der Waals surface area contributed by atoms with Gasteiger partial charge < -0.3 is 9.80 Å². The minimum atomic E-state index is -4.54. The molecular weight excluding hydrogens is 481 g/mol. The van der Waals surface area contributed by atoms with Crippen LogP contribution in [-0.2, 0) is 12.7 Å². The highest BCUT2D eigenvalue weighted by atomic mass is 32.1. The number of amides is 2. The fraction of sp³-hybridized carbons (Fsp3) is 0.700. The summed E-state index contributed by atoms with van der Waals surface area (Å²) >= 11 is 1.04. The fourth-order valence-corrected chi connectivity index (χ4v) is 6.69. The summed E-state index contributed by atoms with van der Waals surface area (Å²) in [6, 6.07) is -0.0940. The summed E-state index contributed by atoms with van der Waals surface area (Å²) in [5.41, 5.74) is 0.0666. The number of carbonyl (C=O) groups is 1. The maximum Gasteiger partial charge on any atom is 0.453 e. The summed E-state index contributed by atoms with van der Waals surface area (Å²) in [5.74, 6) is -1.12. The van der Waals surface area contributed by atoms with E-state index in [-0.39, 0.29) is 27.8 Å². The van der Waals surface area contributed by atoms with Crippen molar-refractivity contribution in [3.05, 3.63) is 28.2 Å². The molecule has 0 atom stereocenters. The molecule has 0 unspecified atom stereocenters. The van der Waals surface area contributed by atoms with Crippen molar-refractivity contribution in [3.63, 3.8) is 0 Å². The number of rotatable bonds is 4. The highest BCUT2D eigenvalue weighted by Crippen LogP contribution is 2.54. The van der Waals surface area contributed by atoms with E-state index in [2.05, 4.69) is 20.0 Å². The van der Waals surface area contributed by atoms with Crippen molar-refractivity contribution in [3.8, 4) is 0 Å². The predicted molar refractivity (Wildman–Crippen MR) is 109 cm³/mol. The summed E-state index contributed by atoms with van der Waals surface area (Å²) in [7, 11) is 0. The molecule has 184 valence electrons. The molecule has 2 amide bonds. The number of hydrogen-bond donors (Lipinski definition) is 0. The first-order valence-corrected chi connectivity index (χ1v) is 11.8. The third-order valence-corrected chi connectivity index (χ3v) is 8.37. The second-order valence-electron chi connectivity index (χ2n) is 10.2. The number of carbonyl (C=O) groups excluding carboxylic acids is 1. The van der Waals surface area contributed by atoms with Crippen LogP contribution in [0.5, 0.6) is 0 Å². The summed E-state index contributed by atoms with van der Waals surface area (Å²) in [6.07, 6.45) is -3.27. The summed E-state index contributed by atoms with van der Waals surface area (Å²) in [4.78, 5) is 26.0. The van der Waals surface area contributed by atoms with E-state index in [1.165, 1.54) is 10.9 Å². The second kappa shape index (κ2) is 7.33. The van der Waals surface area contributed by atoms with Gasteiger partial charge in [0.05, 0.1) is 17.5 Å². The lowest BCUT2D eigenvalue weighted by molar-refractivity contribution is -0.145. The zero-order chi connectivity index (χ0) is 23.9. The lowest BCUT2D eigenvalue weighted by atomic mass is 9.60. The van der Waals surface area contributed by atoms with E-state index in [0.29, 0.717) is 50.6 Å². The molecule has 0 radical (unpaired) electrons. The Bertz CT molecular complexity index is 1090. The molecule has 0 bridgehead atoms. The number of thiazole rings is 1. The van der Waals surface area contributed by atoms with Gasteiger partial charge in [-0.15, -0.1) is 16.4 Å². The van der Waals surface area contributed by atoms with Crippen LogP contribution in [0, 0.1) is 10.8 Å². The fourth-order valence-electron chi connectivity index (χ4n) is 5.87. The van der Waals surface area contributed by atoms with Crippen LogP contribution in [0.3, 0.4) is 0 Å². The van der Waals surface area contributed by atoms with E-state index in [1.54, 1.807) is 0 Å². The van der Waals surface area contributed by atoms with Crippen molar-refractivity contribution in [1.82, 2.24) is 34.4 Å². The molecule has 4 aliphatic rings. The smallest absolute Gasteiger partial charge is 0.323 e. The zero-order valence-electron chi connectivity index (χ0n) is 18.0. The zero-order valence-corrected chi connectivity index (χ0v) is 18.8. The topological polar surface area (TPSA) is 70.4 Å². The maximum absolute atomic E-state index is 12.8. The highest BCUT2D eigenvalue weighted by molar-refractivity contribution is 7.11. The summed E-state index contributed by atoms with van der Waals surface area (Å²) < 4.78 is 64.7. The Morgan fingerprint density at radius 2 is 1.71 bits per heavy atom. The van der Waals surface area contributed by atoms with Crippen LogP contribution in [0.2, 0.25) is 0 Å². The highest BCUT2D eigenvalue weighted by Gasteiger charge is 2.58. The lowest BCUT2D eigenvalue weighted by Gasteiger charge is -2.63. The van der Waals surface area contributed by atoms with Crippen LogP contribution in [0.1, 0.15) is 41.0 Å². The number of nitrogens with zero attached hydrogens (tertiary/aromatic N) is 7. The number of urea groups is 1. The van der Waals surface area contributed by atoms with E-state index in [0.717, 1.165) is 30.8 Å². The van der Waals surface area contributed by atoms with Gasteiger partial charge in [-0.05, 0) is 12.8 Å². The van der Waals surface area contributed by atoms with E-state index in [9.17, 15) is 26.7 Å². The van der Waals surface area contributed by atoms with E-state index >= 15 is 0 Å². The van der Waals surface area contributed by atoms with Crippen LogP contribution >= 0.6 is 11.3 Å². The molecular formula is C20H22F5N7OS. The van der Waals surface area contributed by atoms with Gasteiger partial charge in [0.15, 0.2) is 0 Å². The Morgan fingerprint density at radius 1 is 1.06 bits per heavy atom. The van der Waals surface area contributed by atoms with Crippen LogP contribution in [0.4, 0.5) is 26.7 Å². The molecule has 1 saturated carbocycles. The normalized spacial score (nSPS) is 23.7. The van der Waals surface area contributed by atoms with Gasteiger partial charge in [0, 0.05) is 56.3 Å². The molecule has 6 rings (SSSR count). The van der Waals surface area contributed by atoms with Crippen molar-refractivity contribution in [2.75, 3.05) is 39.3 Å². The van der Waals surface area contributed by atoms with Gasteiger partial charge in [0.25, 0.3) is 12.2 Å². The van der Waals surface area contributed by atoms with Crippen LogP contribution < -0.4 is 0 Å². The van der Waals surface area contributed by atoms with Gasteiger partial charge in [-0.3, -0.25) is 4.90 Å². The minimum absolute atomic E-state index is 0.0110. The van der Waals surface area contributed by atoms with Crippen molar-refractivity contribution in [2.24, 2.45) is 10.8 Å². The molecule has 0 aromatic carbocycles. The summed E-state index contributed by atoms with van der Waals surface area (Å²) in [5, 5.41) is 4.24. The van der Waals surface area contributed by atoms with Crippen LogP contribution in [0.15, 0.2) is 12.5 Å². The molecule has 5 heterocycles. The molecule has 14 heteroatoms. The van der Waals surface area contributed by atoms with Crippen molar-refractivity contribution >= 4 is 17.4 Å². The Hall–Kier alpha value is -2.35. The Labute approximate surface area is 195 Å². The van der Waals surface area contributed by atoms with Crippen LogP contribution in [0.25, 0.3) is 0 Å². The van der Waals surface area contributed by atoms with E-state index in [4.69, 9.17) is 0 Å². The summed E-state index contributed by atoms with van der Waals surface area (Å²) in [6.45, 7) is 4.82. The average Bonchev–Trinajstić information content (AvgIpc) is 3.29. The Balaban J connectivity index is 0.926. The molecule has 4 fully saturated rings. The largest absolute Gasteiger partial charge is 0.453 e. The monoisotopic (exact) mass is 503 g/mol. The lowest BCUT2D eigenvalue weighted by Crippen LogP contribution is -2.75. The Kier molecular flexibility index (Phi) is 4.77. The second-order valence-corrected chi connectivity index (χ2v) is 11.4. The predicted octanol–water partition coefficient (Wildman–Crippen LogP) is 3.27. The molecule has 3 saturated heterocycles. The minimum Gasteiger partial charge on any atom is -0.323 e. The van der Waals surface area contributed by atoms with Crippen molar-refractivity contribution < 1.29 is 26.7 Å². The van der Waals surface area contributed by atoms with Gasteiger partial charge >= 0.3 is 12.2 Å². The van der Waals surface area contributed by atoms with Gasteiger partial charge in [0.2, 0.25) is 0 Å². The number of halogens is 5. The van der Waals surface area contributed by atoms with Gasteiger partial charge in [-0.1, -0.05) is 0 Å². The third kappa shape index (κ3) is 3.65. The van der Waals surface area contributed by atoms with E-state index < -0.39 is 18.4 Å². The number of alkyl halides is 5. The first-order chi connectivity index (χ1) is 16.0. The molecule has 1 aliphatic carbocycles. The molecule has 34 heavy (non-hydrogen) atoms. The van der Waals surface area contributed by atoms with E-state index in [1.807, 2.05) is 9.80 Å². The molecule has 0 N–H and O–H groups in total. The molecule has 2 aromatic heterocycles. The maximum atomic E-state index is 12.8. The quantitative estimate of drug-likeness (QED) is 0.600. The Morgan fingerprint density at radius 3 is 2.26 bits per heavy atom. The first kappa shape index (κ1) is 22.1. The number of aromatic nitrogens is 4.